The molecule has 2 aliphatic heterocycles. The second kappa shape index (κ2) is 13.1. The van der Waals surface area contributed by atoms with Crippen molar-refractivity contribution in [2.45, 2.75) is 77.0 Å². The standard InChI is InChI=1S/C32H35N5O7S/c1-4-16(2)26(33-17(3)38)30(43)34-21-13-12-18-8-7-9-19-14-23(37(27(18)19)32(21)44)29(42)35-22(15-25(39)40)28(41)31-36-20-10-5-6-11-24(20)45-31/h5-11,16,21-23,26H,4,12-15H2,1-3H3,(H,33,38)(H,34,43)(H,35,42)(H,39,40)/t16-,21-,22-,23-,26-/m0/s1. The number of thiazole rings is 1. The van der Waals surface area contributed by atoms with E-state index in [0.717, 1.165) is 27.2 Å². The van der Waals surface area contributed by atoms with Crippen LogP contribution in [0.15, 0.2) is 42.5 Å². The highest BCUT2D eigenvalue weighted by Gasteiger charge is 2.45. The van der Waals surface area contributed by atoms with Crippen LogP contribution < -0.4 is 20.9 Å². The molecule has 0 saturated heterocycles. The lowest BCUT2D eigenvalue weighted by Gasteiger charge is -2.30. The summed E-state index contributed by atoms with van der Waals surface area (Å²) >= 11 is 1.11. The van der Waals surface area contributed by atoms with Gasteiger partial charge in [-0.2, -0.15) is 0 Å². The first kappa shape index (κ1) is 31.8. The number of aromatic nitrogens is 1. The van der Waals surface area contributed by atoms with Crippen molar-refractivity contribution in [3.63, 3.8) is 0 Å². The Kier molecular flexibility index (Phi) is 9.28. The van der Waals surface area contributed by atoms with Gasteiger partial charge in [0, 0.05) is 13.3 Å². The van der Waals surface area contributed by atoms with E-state index in [1.54, 1.807) is 24.3 Å². The lowest BCUT2D eigenvalue weighted by molar-refractivity contribution is -0.137. The topological polar surface area (TPSA) is 175 Å². The number of carboxylic acids is 1. The highest BCUT2D eigenvalue weighted by Crippen LogP contribution is 2.39. The van der Waals surface area contributed by atoms with Crippen LogP contribution in [0.3, 0.4) is 0 Å². The molecule has 0 fully saturated rings. The summed E-state index contributed by atoms with van der Waals surface area (Å²) < 4.78 is 0.748. The Morgan fingerprint density at radius 2 is 1.80 bits per heavy atom. The van der Waals surface area contributed by atoms with Gasteiger partial charge in [0.05, 0.1) is 22.3 Å². The largest absolute Gasteiger partial charge is 0.481 e. The number of Topliss-reactive ketones (excluding diaryl/α,β-unsaturated/α-hetero) is 1. The van der Waals surface area contributed by atoms with Crippen molar-refractivity contribution in [3.8, 4) is 0 Å². The molecule has 0 aliphatic carbocycles. The molecule has 0 bridgehead atoms. The predicted molar refractivity (Wildman–Crippen MR) is 167 cm³/mol. The number of nitrogens with one attached hydrogen (secondary N) is 3. The van der Waals surface area contributed by atoms with Crippen LogP contribution in [0.1, 0.15) is 61.0 Å². The number of hydrogen-bond donors (Lipinski definition) is 4. The predicted octanol–water partition coefficient (Wildman–Crippen LogP) is 2.38. The summed E-state index contributed by atoms with van der Waals surface area (Å²) in [4.78, 5) is 84.1. The van der Waals surface area contributed by atoms with Crippen molar-refractivity contribution in [2.24, 2.45) is 5.92 Å². The molecule has 5 rings (SSSR count). The average Bonchev–Trinajstić information content (AvgIpc) is 3.59. The van der Waals surface area contributed by atoms with Crippen molar-refractivity contribution in [2.75, 3.05) is 4.90 Å². The zero-order chi connectivity index (χ0) is 32.4. The normalized spacial score (nSPS) is 19.2. The van der Waals surface area contributed by atoms with E-state index in [1.165, 1.54) is 11.8 Å². The molecule has 2 aliphatic rings. The molecular formula is C32H35N5O7S. The van der Waals surface area contributed by atoms with Crippen molar-refractivity contribution in [3.05, 3.63) is 58.6 Å². The van der Waals surface area contributed by atoms with Crippen LogP contribution in [0.25, 0.3) is 10.2 Å². The van der Waals surface area contributed by atoms with E-state index in [4.69, 9.17) is 0 Å². The van der Waals surface area contributed by atoms with Gasteiger partial charge in [0.25, 0.3) is 0 Å². The van der Waals surface area contributed by atoms with E-state index >= 15 is 0 Å². The molecule has 45 heavy (non-hydrogen) atoms. The monoisotopic (exact) mass is 633 g/mol. The summed E-state index contributed by atoms with van der Waals surface area (Å²) in [7, 11) is 0. The van der Waals surface area contributed by atoms with E-state index in [-0.39, 0.29) is 29.7 Å². The van der Waals surface area contributed by atoms with Crippen molar-refractivity contribution < 1.29 is 33.9 Å². The van der Waals surface area contributed by atoms with Crippen molar-refractivity contribution >= 4 is 62.6 Å². The minimum absolute atomic E-state index is 0.0726. The fourth-order valence-corrected chi connectivity index (χ4v) is 6.90. The Morgan fingerprint density at radius 3 is 2.49 bits per heavy atom. The fraction of sp³-hybridized carbons (Fsp3) is 0.406. The zero-order valence-corrected chi connectivity index (χ0v) is 26.0. The summed E-state index contributed by atoms with van der Waals surface area (Å²) in [5.74, 6) is -4.15. The first-order valence-electron chi connectivity index (χ1n) is 14.9. The maximum Gasteiger partial charge on any atom is 0.305 e. The molecule has 13 heteroatoms. The van der Waals surface area contributed by atoms with Gasteiger partial charge in [-0.1, -0.05) is 50.6 Å². The molecule has 236 valence electrons. The Morgan fingerprint density at radius 1 is 1.07 bits per heavy atom. The van der Waals surface area contributed by atoms with Gasteiger partial charge in [-0.05, 0) is 42.0 Å². The number of benzene rings is 2. The Labute approximate surface area is 263 Å². The van der Waals surface area contributed by atoms with Crippen LogP contribution >= 0.6 is 11.3 Å². The molecule has 3 heterocycles. The highest BCUT2D eigenvalue weighted by molar-refractivity contribution is 7.20. The van der Waals surface area contributed by atoms with Crippen LogP contribution in [0, 0.1) is 5.92 Å². The Bertz CT molecular complexity index is 1650. The minimum atomic E-state index is -1.41. The third kappa shape index (κ3) is 6.58. The number of aryl methyl sites for hydroxylation is 1. The highest BCUT2D eigenvalue weighted by atomic mass is 32.1. The van der Waals surface area contributed by atoms with E-state index < -0.39 is 60.1 Å². The van der Waals surface area contributed by atoms with E-state index in [0.29, 0.717) is 24.0 Å². The quantitative estimate of drug-likeness (QED) is 0.233. The average molecular weight is 634 g/mol. The van der Waals surface area contributed by atoms with Gasteiger partial charge >= 0.3 is 5.97 Å². The Hall–Kier alpha value is -4.65. The lowest BCUT2D eigenvalue weighted by atomic mass is 9.97. The van der Waals surface area contributed by atoms with Crippen LogP contribution in [0.5, 0.6) is 0 Å². The number of para-hydroxylation sites is 2. The van der Waals surface area contributed by atoms with Gasteiger partial charge in [0.1, 0.15) is 24.2 Å². The van der Waals surface area contributed by atoms with Gasteiger partial charge < -0.3 is 21.1 Å². The third-order valence-corrected chi connectivity index (χ3v) is 9.45. The molecule has 0 saturated carbocycles. The molecule has 3 aromatic rings. The molecule has 12 nitrogen and oxygen atoms in total. The van der Waals surface area contributed by atoms with Gasteiger partial charge in [-0.15, -0.1) is 11.3 Å². The van der Waals surface area contributed by atoms with Gasteiger partial charge in [-0.3, -0.25) is 33.7 Å². The SMILES string of the molecule is CC[C@H](C)[C@H](NC(C)=O)C(=O)N[C@H]1CCc2cccc3c2N(C1=O)[C@H](C(=O)N[C@@H](CC(=O)O)C(=O)c1nc2ccccc2s1)C3. The number of carbonyl (C=O) groups excluding carboxylic acids is 5. The van der Waals surface area contributed by atoms with E-state index in [9.17, 15) is 33.9 Å². The molecule has 0 radical (unpaired) electrons. The minimum Gasteiger partial charge on any atom is -0.481 e. The number of rotatable bonds is 11. The van der Waals surface area contributed by atoms with Crippen LogP contribution in [0.4, 0.5) is 5.69 Å². The first-order chi connectivity index (χ1) is 21.5. The van der Waals surface area contributed by atoms with Gasteiger partial charge in [0.15, 0.2) is 5.01 Å². The second-order valence-corrected chi connectivity index (χ2v) is 12.6. The molecule has 0 spiro atoms. The number of aliphatic carboxylic acids is 1. The summed E-state index contributed by atoms with van der Waals surface area (Å²) in [6, 6.07) is 8.33. The van der Waals surface area contributed by atoms with Crippen LogP contribution in [-0.2, 0) is 36.8 Å². The van der Waals surface area contributed by atoms with Gasteiger partial charge in [0.2, 0.25) is 29.4 Å². The molecule has 0 unspecified atom stereocenters. The summed E-state index contributed by atoms with van der Waals surface area (Å²) in [6.07, 6.45) is 0.830. The number of fused-ring (bicyclic) bond motifs is 1. The number of nitrogens with zero attached hydrogens (tertiary/aromatic N) is 2. The maximum absolute atomic E-state index is 14.1. The Balaban J connectivity index is 1.41. The summed E-state index contributed by atoms with van der Waals surface area (Å²) in [5, 5.41) is 17.8. The molecule has 4 amide bonds. The molecule has 2 aromatic carbocycles. The smallest absolute Gasteiger partial charge is 0.305 e. The van der Waals surface area contributed by atoms with E-state index in [1.807, 2.05) is 32.0 Å². The lowest BCUT2D eigenvalue weighted by Crippen LogP contribution is -2.58. The van der Waals surface area contributed by atoms with Crippen molar-refractivity contribution in [1.29, 1.82) is 0 Å². The molecule has 1 aromatic heterocycles. The number of carbonyl (C=O) groups is 6. The summed E-state index contributed by atoms with van der Waals surface area (Å²) in [5.41, 5.74) is 2.77. The number of hydrogen-bond acceptors (Lipinski definition) is 8. The second-order valence-electron chi connectivity index (χ2n) is 11.5. The van der Waals surface area contributed by atoms with Crippen molar-refractivity contribution in [1.82, 2.24) is 20.9 Å². The van der Waals surface area contributed by atoms with Crippen LogP contribution in [0.2, 0.25) is 0 Å². The van der Waals surface area contributed by atoms with E-state index in [2.05, 4.69) is 20.9 Å². The molecular weight excluding hydrogens is 598 g/mol. The zero-order valence-electron chi connectivity index (χ0n) is 25.2. The first-order valence-corrected chi connectivity index (χ1v) is 15.7. The fourth-order valence-electron chi connectivity index (χ4n) is 5.94. The van der Waals surface area contributed by atoms with Crippen LogP contribution in [-0.4, -0.2) is 69.6 Å². The van der Waals surface area contributed by atoms with Gasteiger partial charge in [-0.25, -0.2) is 4.98 Å². The maximum atomic E-state index is 14.1. The summed E-state index contributed by atoms with van der Waals surface area (Å²) in [6.45, 7) is 5.06. The number of anilines is 1. The molecule has 4 N–H and O–H groups in total. The molecule has 5 atom stereocenters. The number of ketones is 1. The number of amides is 4. The number of carboxylic acid groups (broad SMARTS) is 1. The third-order valence-electron chi connectivity index (χ3n) is 8.40.